The summed E-state index contributed by atoms with van der Waals surface area (Å²) in [5.41, 5.74) is 0.956. The standard InChI is InChI=1S/C17H23NO4/c1-17(8-4-5-9-17)16(20)18-11-12-6-7-14(21-2)13(10-12)15(19)22-3/h6-7,10H,4-5,8-9,11H2,1-3H3,(H,18,20). The topological polar surface area (TPSA) is 64.6 Å². The van der Waals surface area contributed by atoms with Gasteiger partial charge in [0.15, 0.2) is 0 Å². The molecule has 5 nitrogen and oxygen atoms in total. The molecule has 1 aliphatic rings. The maximum atomic E-state index is 12.3. The van der Waals surface area contributed by atoms with Crippen LogP contribution in [-0.4, -0.2) is 26.1 Å². The molecular weight excluding hydrogens is 282 g/mol. The summed E-state index contributed by atoms with van der Waals surface area (Å²) in [5.74, 6) is 0.0953. The van der Waals surface area contributed by atoms with E-state index in [1.54, 1.807) is 12.1 Å². The van der Waals surface area contributed by atoms with Gasteiger partial charge >= 0.3 is 5.97 Å². The van der Waals surface area contributed by atoms with Crippen LogP contribution >= 0.6 is 0 Å². The van der Waals surface area contributed by atoms with Gasteiger partial charge in [-0.25, -0.2) is 4.79 Å². The second-order valence-corrected chi connectivity index (χ2v) is 5.98. The number of carbonyl (C=O) groups excluding carboxylic acids is 2. The van der Waals surface area contributed by atoms with Gasteiger partial charge in [0, 0.05) is 12.0 Å². The second-order valence-electron chi connectivity index (χ2n) is 5.98. The second kappa shape index (κ2) is 6.81. The predicted octanol–water partition coefficient (Wildman–Crippen LogP) is 2.68. The molecule has 0 radical (unpaired) electrons. The van der Waals surface area contributed by atoms with Gasteiger partial charge in [0.05, 0.1) is 14.2 Å². The van der Waals surface area contributed by atoms with Crippen LogP contribution in [0.15, 0.2) is 18.2 Å². The fourth-order valence-corrected chi connectivity index (χ4v) is 2.91. The minimum Gasteiger partial charge on any atom is -0.496 e. The molecule has 1 aromatic carbocycles. The highest BCUT2D eigenvalue weighted by molar-refractivity contribution is 5.92. The Morgan fingerprint density at radius 3 is 2.50 bits per heavy atom. The first-order valence-corrected chi connectivity index (χ1v) is 7.54. The van der Waals surface area contributed by atoms with Crippen LogP contribution in [0, 0.1) is 5.41 Å². The smallest absolute Gasteiger partial charge is 0.341 e. The molecule has 0 bridgehead atoms. The average Bonchev–Trinajstić information content (AvgIpc) is 2.99. The number of methoxy groups -OCH3 is 2. The monoisotopic (exact) mass is 305 g/mol. The maximum Gasteiger partial charge on any atom is 0.341 e. The highest BCUT2D eigenvalue weighted by atomic mass is 16.5. The largest absolute Gasteiger partial charge is 0.496 e. The lowest BCUT2D eigenvalue weighted by atomic mass is 9.88. The zero-order valence-corrected chi connectivity index (χ0v) is 13.4. The third kappa shape index (κ3) is 3.40. The first kappa shape index (κ1) is 16.3. The van der Waals surface area contributed by atoms with Crippen molar-refractivity contribution in [3.8, 4) is 5.75 Å². The lowest BCUT2D eigenvalue weighted by Crippen LogP contribution is -2.36. The highest BCUT2D eigenvalue weighted by Crippen LogP contribution is 2.37. The normalized spacial score (nSPS) is 16.1. The number of ether oxygens (including phenoxy) is 2. The molecule has 0 unspecified atom stereocenters. The van der Waals surface area contributed by atoms with Crippen molar-refractivity contribution in [1.29, 1.82) is 0 Å². The number of hydrogen-bond acceptors (Lipinski definition) is 4. The van der Waals surface area contributed by atoms with E-state index in [-0.39, 0.29) is 11.3 Å². The molecule has 120 valence electrons. The van der Waals surface area contributed by atoms with E-state index >= 15 is 0 Å². The molecule has 1 aromatic rings. The lowest BCUT2D eigenvalue weighted by molar-refractivity contribution is -0.130. The Labute approximate surface area is 131 Å². The molecule has 0 spiro atoms. The number of amides is 1. The predicted molar refractivity (Wildman–Crippen MR) is 82.8 cm³/mol. The molecule has 1 amide bonds. The summed E-state index contributed by atoms with van der Waals surface area (Å²) in [6.45, 7) is 2.41. The molecule has 1 fully saturated rings. The van der Waals surface area contributed by atoms with E-state index in [0.29, 0.717) is 17.9 Å². The molecule has 2 rings (SSSR count). The molecule has 0 aromatic heterocycles. The molecule has 22 heavy (non-hydrogen) atoms. The Balaban J connectivity index is 2.07. The SMILES string of the molecule is COC(=O)c1cc(CNC(=O)C2(C)CCCC2)ccc1OC. The van der Waals surface area contributed by atoms with Gasteiger partial charge in [-0.2, -0.15) is 0 Å². The summed E-state index contributed by atoms with van der Waals surface area (Å²) >= 11 is 0. The van der Waals surface area contributed by atoms with Crippen molar-refractivity contribution in [1.82, 2.24) is 5.32 Å². The van der Waals surface area contributed by atoms with Crippen molar-refractivity contribution >= 4 is 11.9 Å². The quantitative estimate of drug-likeness (QED) is 0.849. The molecule has 1 aliphatic carbocycles. The van der Waals surface area contributed by atoms with Crippen LogP contribution < -0.4 is 10.1 Å². The van der Waals surface area contributed by atoms with Crippen molar-refractivity contribution in [3.05, 3.63) is 29.3 Å². The van der Waals surface area contributed by atoms with Crippen molar-refractivity contribution in [2.75, 3.05) is 14.2 Å². The number of rotatable bonds is 5. The fraction of sp³-hybridized carbons (Fsp3) is 0.529. The van der Waals surface area contributed by atoms with Gasteiger partial charge in [0.2, 0.25) is 5.91 Å². The third-order valence-electron chi connectivity index (χ3n) is 4.38. The van der Waals surface area contributed by atoms with E-state index in [1.165, 1.54) is 14.2 Å². The van der Waals surface area contributed by atoms with E-state index in [1.807, 2.05) is 13.0 Å². The molecular formula is C17H23NO4. The zero-order chi connectivity index (χ0) is 16.2. The zero-order valence-electron chi connectivity index (χ0n) is 13.4. The summed E-state index contributed by atoms with van der Waals surface area (Å²) in [4.78, 5) is 24.1. The van der Waals surface area contributed by atoms with Gasteiger partial charge in [0.25, 0.3) is 0 Å². The van der Waals surface area contributed by atoms with Gasteiger partial charge in [-0.15, -0.1) is 0 Å². The van der Waals surface area contributed by atoms with Crippen LogP contribution in [0.4, 0.5) is 0 Å². The molecule has 0 atom stereocenters. The average molecular weight is 305 g/mol. The van der Waals surface area contributed by atoms with E-state index in [2.05, 4.69) is 5.32 Å². The maximum absolute atomic E-state index is 12.3. The Hall–Kier alpha value is -2.04. The van der Waals surface area contributed by atoms with E-state index in [4.69, 9.17) is 9.47 Å². The molecule has 1 saturated carbocycles. The fourth-order valence-electron chi connectivity index (χ4n) is 2.91. The van der Waals surface area contributed by atoms with Crippen molar-refractivity contribution < 1.29 is 19.1 Å². The van der Waals surface area contributed by atoms with E-state index in [0.717, 1.165) is 31.2 Å². The third-order valence-corrected chi connectivity index (χ3v) is 4.38. The number of esters is 1. The minimum atomic E-state index is -0.451. The highest BCUT2D eigenvalue weighted by Gasteiger charge is 2.35. The van der Waals surface area contributed by atoms with Crippen molar-refractivity contribution in [2.45, 2.75) is 39.2 Å². The first-order chi connectivity index (χ1) is 10.5. The first-order valence-electron chi connectivity index (χ1n) is 7.54. The molecule has 0 aliphatic heterocycles. The van der Waals surface area contributed by atoms with E-state index in [9.17, 15) is 9.59 Å². The van der Waals surface area contributed by atoms with Gasteiger partial charge < -0.3 is 14.8 Å². The van der Waals surface area contributed by atoms with Crippen molar-refractivity contribution in [2.24, 2.45) is 5.41 Å². The van der Waals surface area contributed by atoms with Crippen LogP contribution in [0.3, 0.4) is 0 Å². The Morgan fingerprint density at radius 2 is 1.91 bits per heavy atom. The number of hydrogen-bond donors (Lipinski definition) is 1. The van der Waals surface area contributed by atoms with Crippen LogP contribution in [0.25, 0.3) is 0 Å². The summed E-state index contributed by atoms with van der Waals surface area (Å²) in [5, 5.41) is 2.97. The van der Waals surface area contributed by atoms with E-state index < -0.39 is 5.97 Å². The Kier molecular flexibility index (Phi) is 5.06. The number of carbonyl (C=O) groups is 2. The number of benzene rings is 1. The Morgan fingerprint density at radius 1 is 1.23 bits per heavy atom. The lowest BCUT2D eigenvalue weighted by Gasteiger charge is -2.22. The summed E-state index contributed by atoms with van der Waals surface area (Å²) in [6, 6.07) is 5.25. The van der Waals surface area contributed by atoms with Gasteiger partial charge in [-0.05, 0) is 30.5 Å². The summed E-state index contributed by atoms with van der Waals surface area (Å²) in [7, 11) is 2.83. The van der Waals surface area contributed by atoms with Crippen LogP contribution in [-0.2, 0) is 16.1 Å². The number of nitrogens with one attached hydrogen (secondary N) is 1. The van der Waals surface area contributed by atoms with Crippen LogP contribution in [0.2, 0.25) is 0 Å². The molecule has 0 saturated heterocycles. The molecule has 1 N–H and O–H groups in total. The molecule has 0 heterocycles. The van der Waals surface area contributed by atoms with Gasteiger partial charge in [0.1, 0.15) is 11.3 Å². The summed E-state index contributed by atoms with van der Waals surface area (Å²) in [6.07, 6.45) is 4.10. The van der Waals surface area contributed by atoms with Crippen molar-refractivity contribution in [3.63, 3.8) is 0 Å². The summed E-state index contributed by atoms with van der Waals surface area (Å²) < 4.78 is 9.91. The van der Waals surface area contributed by atoms with Crippen LogP contribution in [0.5, 0.6) is 5.75 Å². The molecule has 5 heteroatoms. The minimum absolute atomic E-state index is 0.0837. The van der Waals surface area contributed by atoms with Gasteiger partial charge in [-0.3, -0.25) is 4.79 Å². The van der Waals surface area contributed by atoms with Gasteiger partial charge in [-0.1, -0.05) is 25.8 Å². The Bertz CT molecular complexity index is 562. The van der Waals surface area contributed by atoms with Crippen LogP contribution in [0.1, 0.15) is 48.5 Å².